The Balaban J connectivity index is 2.57. The van der Waals surface area contributed by atoms with E-state index in [2.05, 4.69) is 5.32 Å². The lowest BCUT2D eigenvalue weighted by Crippen LogP contribution is -2.27. The van der Waals surface area contributed by atoms with E-state index in [-0.39, 0.29) is 24.3 Å². The first-order valence-electron chi connectivity index (χ1n) is 5.42. The molecule has 1 unspecified atom stereocenters. The third kappa shape index (κ3) is 4.03. The highest BCUT2D eigenvalue weighted by molar-refractivity contribution is 5.71. The number of benzene rings is 1. The molecule has 0 aliphatic heterocycles. The fourth-order valence-corrected chi connectivity index (χ4v) is 1.44. The van der Waals surface area contributed by atoms with Crippen LogP contribution in [0.25, 0.3) is 0 Å². The zero-order chi connectivity index (χ0) is 12.8. The van der Waals surface area contributed by atoms with Gasteiger partial charge in [-0.2, -0.15) is 0 Å². The van der Waals surface area contributed by atoms with Crippen molar-refractivity contribution in [2.75, 3.05) is 13.2 Å². The molecule has 0 aliphatic carbocycles. The number of hydrogen-bond donors (Lipinski definition) is 2. The van der Waals surface area contributed by atoms with Crippen molar-refractivity contribution in [1.29, 1.82) is 0 Å². The summed E-state index contributed by atoms with van der Waals surface area (Å²) in [6, 6.07) is 3.52. The SMILES string of the molecule is CCOC(=O)CNC(C)c1ccc(F)cc1O. The van der Waals surface area contributed by atoms with Crippen molar-refractivity contribution in [2.45, 2.75) is 19.9 Å². The summed E-state index contributed by atoms with van der Waals surface area (Å²) < 4.78 is 17.5. The predicted molar refractivity (Wildman–Crippen MR) is 61.1 cm³/mol. The van der Waals surface area contributed by atoms with Gasteiger partial charge in [-0.15, -0.1) is 0 Å². The van der Waals surface area contributed by atoms with Crippen LogP contribution in [0.1, 0.15) is 25.5 Å². The topological polar surface area (TPSA) is 58.6 Å². The largest absolute Gasteiger partial charge is 0.508 e. The van der Waals surface area contributed by atoms with Crippen LogP contribution in [0.15, 0.2) is 18.2 Å². The summed E-state index contributed by atoms with van der Waals surface area (Å²) in [7, 11) is 0. The van der Waals surface area contributed by atoms with Crippen LogP contribution in [-0.4, -0.2) is 24.2 Å². The van der Waals surface area contributed by atoms with Crippen molar-refractivity contribution in [2.24, 2.45) is 0 Å². The maximum absolute atomic E-state index is 12.8. The first-order valence-corrected chi connectivity index (χ1v) is 5.42. The number of carbonyl (C=O) groups is 1. The second-order valence-corrected chi connectivity index (χ2v) is 3.61. The molecule has 4 nitrogen and oxygen atoms in total. The van der Waals surface area contributed by atoms with Gasteiger partial charge in [0.15, 0.2) is 0 Å². The Kier molecular flexibility index (Phi) is 4.90. The molecule has 0 fully saturated rings. The highest BCUT2D eigenvalue weighted by atomic mass is 19.1. The van der Waals surface area contributed by atoms with Crippen LogP contribution in [0.2, 0.25) is 0 Å². The minimum absolute atomic E-state index is 0.0474. The summed E-state index contributed by atoms with van der Waals surface area (Å²) in [6.45, 7) is 3.88. The summed E-state index contributed by atoms with van der Waals surface area (Å²) in [6.07, 6.45) is 0. The lowest BCUT2D eigenvalue weighted by atomic mass is 10.1. The lowest BCUT2D eigenvalue weighted by Gasteiger charge is -2.14. The standard InChI is InChI=1S/C12H16FNO3/c1-3-17-12(16)7-14-8(2)10-5-4-9(13)6-11(10)15/h4-6,8,14-15H,3,7H2,1-2H3. The van der Waals surface area contributed by atoms with Crippen molar-refractivity contribution < 1.29 is 19.0 Å². The zero-order valence-electron chi connectivity index (χ0n) is 9.87. The molecule has 0 spiro atoms. The number of phenols is 1. The molecule has 0 saturated heterocycles. The molecule has 0 heterocycles. The van der Waals surface area contributed by atoms with Crippen LogP contribution in [0.5, 0.6) is 5.75 Å². The molecule has 5 heteroatoms. The van der Waals surface area contributed by atoms with Gasteiger partial charge in [0, 0.05) is 17.7 Å². The monoisotopic (exact) mass is 241 g/mol. The summed E-state index contributed by atoms with van der Waals surface area (Å²) in [5, 5.41) is 12.4. The number of halogens is 1. The van der Waals surface area contributed by atoms with E-state index in [1.807, 2.05) is 0 Å². The number of phenolic OH excluding ortho intramolecular Hbond substituents is 1. The molecule has 1 atom stereocenters. The van der Waals surface area contributed by atoms with Gasteiger partial charge in [0.2, 0.25) is 0 Å². The second kappa shape index (κ2) is 6.20. The van der Waals surface area contributed by atoms with Gasteiger partial charge in [0.1, 0.15) is 11.6 Å². The van der Waals surface area contributed by atoms with Crippen molar-refractivity contribution in [3.05, 3.63) is 29.6 Å². The predicted octanol–water partition coefficient (Wildman–Crippen LogP) is 1.74. The number of esters is 1. The number of aromatic hydroxyl groups is 1. The quantitative estimate of drug-likeness (QED) is 0.771. The van der Waals surface area contributed by atoms with Crippen molar-refractivity contribution in [3.8, 4) is 5.75 Å². The zero-order valence-corrected chi connectivity index (χ0v) is 9.87. The summed E-state index contributed by atoms with van der Waals surface area (Å²) in [5.74, 6) is -0.987. The Bertz CT molecular complexity index is 395. The molecule has 1 aromatic rings. The van der Waals surface area contributed by atoms with Crippen LogP contribution >= 0.6 is 0 Å². The molecular formula is C12H16FNO3. The van der Waals surface area contributed by atoms with Gasteiger partial charge >= 0.3 is 5.97 Å². The smallest absolute Gasteiger partial charge is 0.319 e. The molecular weight excluding hydrogens is 225 g/mol. The van der Waals surface area contributed by atoms with E-state index < -0.39 is 5.82 Å². The number of ether oxygens (including phenoxy) is 1. The second-order valence-electron chi connectivity index (χ2n) is 3.61. The number of rotatable bonds is 5. The Labute approximate surface area is 99.4 Å². The van der Waals surface area contributed by atoms with Crippen molar-refractivity contribution in [1.82, 2.24) is 5.32 Å². The van der Waals surface area contributed by atoms with Gasteiger partial charge in [-0.05, 0) is 19.9 Å². The van der Waals surface area contributed by atoms with Crippen molar-refractivity contribution >= 4 is 5.97 Å². The molecule has 1 aromatic carbocycles. The Morgan fingerprint density at radius 3 is 2.88 bits per heavy atom. The number of hydrogen-bond acceptors (Lipinski definition) is 4. The fraction of sp³-hybridized carbons (Fsp3) is 0.417. The van der Waals surface area contributed by atoms with Crippen LogP contribution in [0.4, 0.5) is 4.39 Å². The van der Waals surface area contributed by atoms with E-state index in [0.717, 1.165) is 6.07 Å². The minimum atomic E-state index is -0.496. The number of carbonyl (C=O) groups excluding carboxylic acids is 1. The molecule has 0 bridgehead atoms. The van der Waals surface area contributed by atoms with Gasteiger partial charge in [0.05, 0.1) is 13.2 Å². The van der Waals surface area contributed by atoms with E-state index in [1.54, 1.807) is 13.8 Å². The summed E-state index contributed by atoms with van der Waals surface area (Å²) in [4.78, 5) is 11.1. The molecule has 17 heavy (non-hydrogen) atoms. The maximum atomic E-state index is 12.8. The van der Waals surface area contributed by atoms with Gasteiger partial charge < -0.3 is 15.2 Å². The Morgan fingerprint density at radius 2 is 2.29 bits per heavy atom. The van der Waals surface area contributed by atoms with Gasteiger partial charge in [-0.1, -0.05) is 6.07 Å². The molecule has 0 aromatic heterocycles. The first-order chi connectivity index (χ1) is 8.04. The minimum Gasteiger partial charge on any atom is -0.508 e. The van der Waals surface area contributed by atoms with Crippen LogP contribution in [0, 0.1) is 5.82 Å². The molecule has 0 radical (unpaired) electrons. The third-order valence-corrected chi connectivity index (χ3v) is 2.32. The third-order valence-electron chi connectivity index (χ3n) is 2.32. The lowest BCUT2D eigenvalue weighted by molar-refractivity contribution is -0.142. The van der Waals surface area contributed by atoms with Gasteiger partial charge in [-0.3, -0.25) is 4.79 Å². The van der Waals surface area contributed by atoms with Crippen LogP contribution in [-0.2, 0) is 9.53 Å². The molecule has 0 saturated carbocycles. The molecule has 94 valence electrons. The van der Waals surface area contributed by atoms with E-state index in [4.69, 9.17) is 4.74 Å². The average molecular weight is 241 g/mol. The summed E-state index contributed by atoms with van der Waals surface area (Å²) in [5.41, 5.74) is 0.538. The average Bonchev–Trinajstić information content (AvgIpc) is 2.26. The van der Waals surface area contributed by atoms with Gasteiger partial charge in [-0.25, -0.2) is 4.39 Å². The molecule has 0 aliphatic rings. The summed E-state index contributed by atoms with van der Waals surface area (Å²) >= 11 is 0. The molecule has 0 amide bonds. The first kappa shape index (κ1) is 13.4. The Morgan fingerprint density at radius 1 is 1.59 bits per heavy atom. The fourth-order valence-electron chi connectivity index (χ4n) is 1.44. The van der Waals surface area contributed by atoms with Crippen LogP contribution in [0.3, 0.4) is 0 Å². The molecule has 1 rings (SSSR count). The normalized spacial score (nSPS) is 12.2. The maximum Gasteiger partial charge on any atom is 0.319 e. The Hall–Kier alpha value is -1.62. The van der Waals surface area contributed by atoms with E-state index >= 15 is 0 Å². The van der Waals surface area contributed by atoms with Gasteiger partial charge in [0.25, 0.3) is 0 Å². The highest BCUT2D eigenvalue weighted by Crippen LogP contribution is 2.24. The van der Waals surface area contributed by atoms with E-state index in [9.17, 15) is 14.3 Å². The van der Waals surface area contributed by atoms with Crippen LogP contribution < -0.4 is 5.32 Å². The molecule has 2 N–H and O–H groups in total. The highest BCUT2D eigenvalue weighted by Gasteiger charge is 2.12. The van der Waals surface area contributed by atoms with Crippen molar-refractivity contribution in [3.63, 3.8) is 0 Å². The number of nitrogens with one attached hydrogen (secondary N) is 1. The van der Waals surface area contributed by atoms with E-state index in [0.29, 0.717) is 12.2 Å². The van der Waals surface area contributed by atoms with E-state index in [1.165, 1.54) is 12.1 Å².